The second kappa shape index (κ2) is 4.43. The molecule has 1 fully saturated rings. The highest BCUT2D eigenvalue weighted by Gasteiger charge is 2.36. The summed E-state index contributed by atoms with van der Waals surface area (Å²) in [6, 6.07) is 0. The molecule has 0 amide bonds. The number of nitrogens with zero attached hydrogens (tertiary/aromatic N) is 1. The highest BCUT2D eigenvalue weighted by Crippen LogP contribution is 2.33. The van der Waals surface area contributed by atoms with E-state index in [-0.39, 0.29) is 20.4 Å². The van der Waals surface area contributed by atoms with E-state index in [1.54, 1.807) is 0 Å². The monoisotopic (exact) mass is 296 g/mol. The van der Waals surface area contributed by atoms with E-state index in [1.807, 2.05) is 0 Å². The molecule has 6 nitrogen and oxygen atoms in total. The van der Waals surface area contributed by atoms with Gasteiger partial charge in [-0.25, -0.2) is 18.2 Å². The Morgan fingerprint density at radius 2 is 2.24 bits per heavy atom. The van der Waals surface area contributed by atoms with Crippen molar-refractivity contribution in [2.24, 2.45) is 0 Å². The molecule has 9 heteroatoms. The first-order valence-corrected chi connectivity index (χ1v) is 7.44. The largest absolute Gasteiger partial charge is 0.464 e. The van der Waals surface area contributed by atoms with Gasteiger partial charge in [-0.15, -0.1) is 0 Å². The lowest BCUT2D eigenvalue weighted by atomic mass is 10.5. The van der Waals surface area contributed by atoms with Crippen molar-refractivity contribution in [2.75, 3.05) is 11.8 Å². The van der Waals surface area contributed by atoms with Crippen LogP contribution < -0.4 is 4.72 Å². The van der Waals surface area contributed by atoms with Gasteiger partial charge >= 0.3 is 5.97 Å². The van der Waals surface area contributed by atoms with Crippen molar-refractivity contribution in [2.45, 2.75) is 18.1 Å². The van der Waals surface area contributed by atoms with Crippen molar-refractivity contribution in [3.05, 3.63) is 10.0 Å². The predicted octanol–water partition coefficient (Wildman–Crippen LogP) is 1.49. The van der Waals surface area contributed by atoms with Crippen LogP contribution in [0.1, 0.15) is 23.3 Å². The molecule has 1 saturated carbocycles. The van der Waals surface area contributed by atoms with Crippen LogP contribution in [-0.4, -0.2) is 31.7 Å². The average molecular weight is 297 g/mol. The number of methoxy groups -OCH3 is 1. The maximum Gasteiger partial charge on any atom is 0.359 e. The van der Waals surface area contributed by atoms with Crippen LogP contribution in [0, 0.1) is 0 Å². The van der Waals surface area contributed by atoms with Crippen LogP contribution in [0.2, 0.25) is 4.34 Å². The molecule has 0 aromatic carbocycles. The second-order valence-corrected chi connectivity index (χ2v) is 7.04. The topological polar surface area (TPSA) is 85.4 Å². The summed E-state index contributed by atoms with van der Waals surface area (Å²) in [5.41, 5.74) is -0.0762. The number of esters is 1. The van der Waals surface area contributed by atoms with Crippen molar-refractivity contribution in [1.82, 2.24) is 4.98 Å². The summed E-state index contributed by atoms with van der Waals surface area (Å²) in [6.07, 6.45) is 1.30. The zero-order valence-electron chi connectivity index (χ0n) is 8.77. The van der Waals surface area contributed by atoms with Crippen LogP contribution in [0.4, 0.5) is 5.13 Å². The van der Waals surface area contributed by atoms with Gasteiger partial charge in [0.2, 0.25) is 10.0 Å². The van der Waals surface area contributed by atoms with Gasteiger partial charge in [-0.3, -0.25) is 4.72 Å². The van der Waals surface area contributed by atoms with Crippen LogP contribution in [0.15, 0.2) is 0 Å². The van der Waals surface area contributed by atoms with Crippen molar-refractivity contribution >= 4 is 44.1 Å². The summed E-state index contributed by atoms with van der Waals surface area (Å²) in [6.45, 7) is 0. The van der Waals surface area contributed by atoms with Crippen molar-refractivity contribution in [3.63, 3.8) is 0 Å². The molecular weight excluding hydrogens is 288 g/mol. The van der Waals surface area contributed by atoms with E-state index in [2.05, 4.69) is 14.4 Å². The molecule has 0 aliphatic heterocycles. The summed E-state index contributed by atoms with van der Waals surface area (Å²) in [5.74, 6) is -0.692. The lowest BCUT2D eigenvalue weighted by Crippen LogP contribution is -2.17. The molecule has 0 bridgehead atoms. The third kappa shape index (κ3) is 2.70. The Kier molecular flexibility index (Phi) is 3.28. The van der Waals surface area contributed by atoms with Crippen LogP contribution >= 0.6 is 22.9 Å². The molecule has 1 aliphatic rings. The van der Waals surface area contributed by atoms with Gasteiger partial charge in [-0.05, 0) is 12.8 Å². The summed E-state index contributed by atoms with van der Waals surface area (Å²) in [5, 5.41) is -0.269. The van der Waals surface area contributed by atoms with Gasteiger partial charge in [-0.1, -0.05) is 22.9 Å². The average Bonchev–Trinajstić information content (AvgIpc) is 3.04. The Bertz CT molecular complexity index is 550. The molecule has 0 spiro atoms. The molecule has 17 heavy (non-hydrogen) atoms. The number of carbonyl (C=O) groups is 1. The van der Waals surface area contributed by atoms with E-state index in [0.29, 0.717) is 12.8 Å². The summed E-state index contributed by atoms with van der Waals surface area (Å²) in [7, 11) is -2.19. The van der Waals surface area contributed by atoms with Crippen molar-refractivity contribution < 1.29 is 17.9 Å². The number of rotatable bonds is 4. The normalized spacial score (nSPS) is 15.6. The van der Waals surface area contributed by atoms with E-state index in [0.717, 1.165) is 11.3 Å². The number of hydrogen-bond acceptors (Lipinski definition) is 6. The molecule has 94 valence electrons. The SMILES string of the molecule is COC(=O)c1nc(NS(=O)(=O)C2CC2)sc1Cl. The molecule has 0 unspecified atom stereocenters. The summed E-state index contributed by atoms with van der Waals surface area (Å²) in [4.78, 5) is 15.0. The van der Waals surface area contributed by atoms with Gasteiger partial charge in [0.1, 0.15) is 4.34 Å². The number of anilines is 1. The number of aromatic nitrogens is 1. The minimum atomic E-state index is -3.39. The lowest BCUT2D eigenvalue weighted by Gasteiger charge is -2.01. The Morgan fingerprint density at radius 1 is 1.59 bits per heavy atom. The van der Waals surface area contributed by atoms with Crippen LogP contribution in [0.25, 0.3) is 0 Å². The number of carbonyl (C=O) groups excluding carboxylic acids is 1. The molecular formula is C8H9ClN2O4S2. The number of sulfonamides is 1. The van der Waals surface area contributed by atoms with Gasteiger partial charge < -0.3 is 4.74 Å². The third-order valence-corrected chi connectivity index (χ3v) is 5.28. The first kappa shape index (κ1) is 12.6. The Balaban J connectivity index is 2.20. The minimum Gasteiger partial charge on any atom is -0.464 e. The maximum atomic E-state index is 11.6. The first-order valence-electron chi connectivity index (χ1n) is 4.70. The Hall–Kier alpha value is -0.860. The van der Waals surface area contributed by atoms with E-state index in [4.69, 9.17) is 11.6 Å². The molecule has 1 aromatic heterocycles. The number of halogens is 1. The highest BCUT2D eigenvalue weighted by molar-refractivity contribution is 7.93. The van der Waals surface area contributed by atoms with Gasteiger partial charge in [0.05, 0.1) is 12.4 Å². The number of nitrogens with one attached hydrogen (secondary N) is 1. The van der Waals surface area contributed by atoms with Gasteiger partial charge in [0.25, 0.3) is 0 Å². The number of ether oxygens (including phenoxy) is 1. The van der Waals surface area contributed by atoms with E-state index in [1.165, 1.54) is 7.11 Å². The fourth-order valence-electron chi connectivity index (χ4n) is 1.15. The zero-order valence-corrected chi connectivity index (χ0v) is 11.2. The standard InChI is InChI=1S/C8H9ClN2O4S2/c1-15-7(12)5-6(9)16-8(10-5)11-17(13,14)4-2-3-4/h4H,2-3H2,1H3,(H,10,11). The van der Waals surface area contributed by atoms with Gasteiger partial charge in [0.15, 0.2) is 10.8 Å². The second-order valence-electron chi connectivity index (χ2n) is 3.48. The lowest BCUT2D eigenvalue weighted by molar-refractivity contribution is 0.0595. The number of hydrogen-bond donors (Lipinski definition) is 1. The molecule has 1 heterocycles. The predicted molar refractivity (Wildman–Crippen MR) is 64.0 cm³/mol. The van der Waals surface area contributed by atoms with Crippen molar-refractivity contribution in [1.29, 1.82) is 0 Å². The minimum absolute atomic E-state index is 0.0762. The molecule has 0 atom stereocenters. The third-order valence-electron chi connectivity index (χ3n) is 2.16. The zero-order chi connectivity index (χ0) is 12.6. The molecule has 1 aromatic rings. The van der Waals surface area contributed by atoms with E-state index < -0.39 is 16.0 Å². The van der Waals surface area contributed by atoms with Crippen LogP contribution in [0.5, 0.6) is 0 Å². The fraction of sp³-hybridized carbons (Fsp3) is 0.500. The quantitative estimate of drug-likeness (QED) is 0.851. The first-order chi connectivity index (χ1) is 7.94. The maximum absolute atomic E-state index is 11.6. The molecule has 0 radical (unpaired) electrons. The van der Waals surface area contributed by atoms with Gasteiger partial charge in [0, 0.05) is 0 Å². The van der Waals surface area contributed by atoms with Crippen LogP contribution in [-0.2, 0) is 14.8 Å². The van der Waals surface area contributed by atoms with Gasteiger partial charge in [-0.2, -0.15) is 0 Å². The fourth-order valence-corrected chi connectivity index (χ4v) is 3.75. The molecule has 0 saturated heterocycles. The van der Waals surface area contributed by atoms with Crippen LogP contribution in [0.3, 0.4) is 0 Å². The Morgan fingerprint density at radius 3 is 2.76 bits per heavy atom. The summed E-state index contributed by atoms with van der Waals surface area (Å²) >= 11 is 6.66. The van der Waals surface area contributed by atoms with E-state index >= 15 is 0 Å². The number of thiazole rings is 1. The Labute approximate surface area is 107 Å². The molecule has 1 N–H and O–H groups in total. The summed E-state index contributed by atoms with van der Waals surface area (Å²) < 4.78 is 30.1. The molecule has 2 rings (SSSR count). The van der Waals surface area contributed by atoms with Crippen molar-refractivity contribution in [3.8, 4) is 0 Å². The highest BCUT2D eigenvalue weighted by atomic mass is 35.5. The van der Waals surface area contributed by atoms with E-state index in [9.17, 15) is 13.2 Å². The molecule has 1 aliphatic carbocycles. The smallest absolute Gasteiger partial charge is 0.359 e.